The lowest BCUT2D eigenvalue weighted by Crippen LogP contribution is -2.44. The number of aryl methyl sites for hydroxylation is 3. The van der Waals surface area contributed by atoms with Crippen LogP contribution in [0.1, 0.15) is 41.0 Å². The molecule has 8 nitrogen and oxygen atoms in total. The Morgan fingerprint density at radius 1 is 1.09 bits per heavy atom. The minimum absolute atomic E-state index is 0.0390. The van der Waals surface area contributed by atoms with Gasteiger partial charge in [-0.2, -0.15) is 4.31 Å². The summed E-state index contributed by atoms with van der Waals surface area (Å²) in [5.74, 6) is -0.0846. The van der Waals surface area contributed by atoms with E-state index in [4.69, 9.17) is 4.52 Å². The third-order valence-electron chi connectivity index (χ3n) is 5.85. The lowest BCUT2D eigenvalue weighted by atomic mass is 9.99. The van der Waals surface area contributed by atoms with Crippen molar-refractivity contribution >= 4 is 33.9 Å². The summed E-state index contributed by atoms with van der Waals surface area (Å²) < 4.78 is 33.8. The van der Waals surface area contributed by atoms with Crippen molar-refractivity contribution in [1.82, 2.24) is 14.4 Å². The number of hydrogen-bond acceptors (Lipinski definition) is 6. The Morgan fingerprint density at radius 3 is 2.53 bits per heavy atom. The number of pyridine rings is 1. The molecule has 1 fully saturated rings. The Morgan fingerprint density at radius 2 is 1.82 bits per heavy atom. The van der Waals surface area contributed by atoms with E-state index in [2.05, 4.69) is 15.5 Å². The number of amides is 1. The third kappa shape index (κ3) is 5.26. The van der Waals surface area contributed by atoms with Crippen LogP contribution in [0, 0.1) is 26.7 Å². The molecule has 0 saturated carbocycles. The summed E-state index contributed by atoms with van der Waals surface area (Å²) in [6.07, 6.45) is 6.27. The summed E-state index contributed by atoms with van der Waals surface area (Å²) in [6, 6.07) is 11.4. The maximum atomic E-state index is 13.6. The summed E-state index contributed by atoms with van der Waals surface area (Å²) in [5.41, 5.74) is 3.34. The van der Waals surface area contributed by atoms with Crippen LogP contribution in [0.4, 0.5) is 5.82 Å². The highest BCUT2D eigenvalue weighted by Gasteiger charge is 2.37. The fraction of sp³-hybridized carbons (Fsp3) is 0.320. The average Bonchev–Trinajstić information content (AvgIpc) is 3.21. The number of piperidine rings is 1. The van der Waals surface area contributed by atoms with Gasteiger partial charge >= 0.3 is 0 Å². The van der Waals surface area contributed by atoms with E-state index in [9.17, 15) is 13.2 Å². The third-order valence-corrected chi connectivity index (χ3v) is 7.88. The topological polar surface area (TPSA) is 105 Å². The summed E-state index contributed by atoms with van der Waals surface area (Å²) in [5, 5.41) is 6.70. The second-order valence-electron chi connectivity index (χ2n) is 8.62. The lowest BCUT2D eigenvalue weighted by molar-refractivity contribution is -0.120. The average molecular weight is 481 g/mol. The highest BCUT2D eigenvalue weighted by molar-refractivity contribution is 7.89. The molecule has 1 aliphatic heterocycles. The van der Waals surface area contributed by atoms with Gasteiger partial charge in [0, 0.05) is 19.3 Å². The quantitative estimate of drug-likeness (QED) is 0.567. The standard InChI is InChI=1S/C25H28N4O4S/c1-17-6-9-20(10-7-17)11-12-22-24(19(3)28-33-22)34(31,32)29-14-4-5-21(16-29)25(30)27-23-13-8-18(2)15-26-23/h6-13,15,21H,4-5,14,16H2,1-3H3,(H,26,27,30). The van der Waals surface area contributed by atoms with E-state index in [1.807, 2.05) is 44.2 Å². The van der Waals surface area contributed by atoms with Crippen LogP contribution in [0.3, 0.4) is 0 Å². The summed E-state index contributed by atoms with van der Waals surface area (Å²) in [4.78, 5) is 17.1. The fourth-order valence-corrected chi connectivity index (χ4v) is 5.70. The van der Waals surface area contributed by atoms with Crippen molar-refractivity contribution in [3.05, 3.63) is 70.7 Å². The molecule has 34 heavy (non-hydrogen) atoms. The minimum atomic E-state index is -3.91. The first-order valence-corrected chi connectivity index (χ1v) is 12.6. The fourth-order valence-electron chi connectivity index (χ4n) is 3.92. The number of sulfonamides is 1. The molecular weight excluding hydrogens is 452 g/mol. The van der Waals surface area contributed by atoms with Crippen LogP contribution in [-0.2, 0) is 14.8 Å². The van der Waals surface area contributed by atoms with Crippen molar-refractivity contribution < 1.29 is 17.7 Å². The molecule has 4 rings (SSSR count). The molecule has 3 aromatic rings. The SMILES string of the molecule is Cc1ccc(C=Cc2onc(C)c2S(=O)(=O)N2CCCC(C(=O)Nc3ccc(C)cn3)C2)cc1. The van der Waals surface area contributed by atoms with Crippen molar-refractivity contribution in [2.75, 3.05) is 18.4 Å². The van der Waals surface area contributed by atoms with E-state index in [1.54, 1.807) is 31.3 Å². The van der Waals surface area contributed by atoms with Gasteiger partial charge in [-0.3, -0.25) is 4.79 Å². The monoisotopic (exact) mass is 480 g/mol. The van der Waals surface area contributed by atoms with E-state index < -0.39 is 15.9 Å². The van der Waals surface area contributed by atoms with Crippen molar-refractivity contribution in [2.45, 2.75) is 38.5 Å². The molecule has 1 N–H and O–H groups in total. The number of rotatable bonds is 6. The van der Waals surface area contributed by atoms with Gasteiger partial charge in [-0.05, 0) is 56.9 Å². The number of aromatic nitrogens is 2. The number of nitrogens with zero attached hydrogens (tertiary/aromatic N) is 3. The molecule has 1 aliphatic rings. The Bertz CT molecular complexity index is 1300. The molecule has 1 saturated heterocycles. The van der Waals surface area contributed by atoms with E-state index in [1.165, 1.54) is 4.31 Å². The first-order chi connectivity index (χ1) is 16.2. The Hall–Kier alpha value is -3.30. The van der Waals surface area contributed by atoms with Crippen molar-refractivity contribution in [3.8, 4) is 0 Å². The van der Waals surface area contributed by atoms with Gasteiger partial charge in [0.25, 0.3) is 0 Å². The lowest BCUT2D eigenvalue weighted by Gasteiger charge is -2.31. The number of carbonyl (C=O) groups is 1. The molecule has 1 unspecified atom stereocenters. The van der Waals surface area contributed by atoms with Crippen LogP contribution in [0.25, 0.3) is 12.2 Å². The van der Waals surface area contributed by atoms with Crippen LogP contribution in [0.5, 0.6) is 0 Å². The van der Waals surface area contributed by atoms with Crippen molar-refractivity contribution in [2.24, 2.45) is 5.92 Å². The number of nitrogens with one attached hydrogen (secondary N) is 1. The van der Waals surface area contributed by atoms with Gasteiger partial charge in [0.15, 0.2) is 10.7 Å². The molecule has 9 heteroatoms. The van der Waals surface area contributed by atoms with E-state index in [-0.39, 0.29) is 23.1 Å². The molecule has 1 aromatic carbocycles. The summed E-state index contributed by atoms with van der Waals surface area (Å²) in [7, 11) is -3.91. The molecule has 0 spiro atoms. The van der Waals surface area contributed by atoms with E-state index in [0.29, 0.717) is 30.9 Å². The van der Waals surface area contributed by atoms with Crippen LogP contribution in [-0.4, -0.2) is 41.9 Å². The zero-order valence-corrected chi connectivity index (χ0v) is 20.3. The predicted molar refractivity (Wildman–Crippen MR) is 130 cm³/mol. The van der Waals surface area contributed by atoms with Crippen LogP contribution in [0.2, 0.25) is 0 Å². The van der Waals surface area contributed by atoms with E-state index >= 15 is 0 Å². The van der Waals surface area contributed by atoms with Crippen LogP contribution >= 0.6 is 0 Å². The molecule has 178 valence electrons. The molecule has 1 atom stereocenters. The molecule has 0 aliphatic carbocycles. The van der Waals surface area contributed by atoms with Gasteiger partial charge < -0.3 is 9.84 Å². The highest BCUT2D eigenvalue weighted by Crippen LogP contribution is 2.29. The molecule has 0 radical (unpaired) electrons. The Labute approximate surface area is 199 Å². The second-order valence-corrected chi connectivity index (χ2v) is 10.5. The normalized spacial score (nSPS) is 17.2. The molecule has 2 aromatic heterocycles. The van der Waals surface area contributed by atoms with Gasteiger partial charge in [-0.15, -0.1) is 0 Å². The number of carbonyl (C=O) groups excluding carboxylic acids is 1. The molecular formula is C25H28N4O4S. The summed E-state index contributed by atoms with van der Waals surface area (Å²) >= 11 is 0. The first-order valence-electron chi connectivity index (χ1n) is 11.2. The first kappa shape index (κ1) is 23.8. The number of anilines is 1. The van der Waals surface area contributed by atoms with Crippen LogP contribution in [0.15, 0.2) is 52.0 Å². The zero-order chi connectivity index (χ0) is 24.3. The number of hydrogen-bond donors (Lipinski definition) is 1. The van der Waals surface area contributed by atoms with Gasteiger partial charge in [-0.1, -0.05) is 47.1 Å². The van der Waals surface area contributed by atoms with E-state index in [0.717, 1.165) is 16.7 Å². The largest absolute Gasteiger partial charge is 0.355 e. The second kappa shape index (κ2) is 9.90. The van der Waals surface area contributed by atoms with Crippen LogP contribution < -0.4 is 5.32 Å². The van der Waals surface area contributed by atoms with Gasteiger partial charge in [0.2, 0.25) is 15.9 Å². The van der Waals surface area contributed by atoms with Gasteiger partial charge in [0.1, 0.15) is 11.5 Å². The summed E-state index contributed by atoms with van der Waals surface area (Å²) in [6.45, 7) is 5.95. The minimum Gasteiger partial charge on any atom is -0.355 e. The Balaban J connectivity index is 1.52. The van der Waals surface area contributed by atoms with Crippen molar-refractivity contribution in [3.63, 3.8) is 0 Å². The van der Waals surface area contributed by atoms with Gasteiger partial charge in [0.05, 0.1) is 5.92 Å². The molecule has 3 heterocycles. The van der Waals surface area contributed by atoms with Crippen molar-refractivity contribution in [1.29, 1.82) is 0 Å². The highest BCUT2D eigenvalue weighted by atomic mass is 32.2. The maximum Gasteiger partial charge on any atom is 0.248 e. The Kier molecular flexibility index (Phi) is 6.95. The molecule has 0 bridgehead atoms. The maximum absolute atomic E-state index is 13.6. The number of benzene rings is 1. The smallest absolute Gasteiger partial charge is 0.248 e. The zero-order valence-electron chi connectivity index (χ0n) is 19.5. The molecule has 1 amide bonds. The predicted octanol–water partition coefficient (Wildman–Crippen LogP) is 4.20. The van der Waals surface area contributed by atoms with Gasteiger partial charge in [-0.25, -0.2) is 13.4 Å².